The fraction of sp³-hybridized carbons (Fsp3) is 0.486. The maximum Gasteiger partial charge on any atom is 0.481 e. The average molecular weight is 652 g/mol. The predicted octanol–water partition coefficient (Wildman–Crippen LogP) is 4.78. The molecule has 11 heteroatoms. The molecule has 0 spiro atoms. The second-order valence-electron chi connectivity index (χ2n) is 14.8. The Labute approximate surface area is 283 Å². The molecule has 1 saturated heterocycles. The summed E-state index contributed by atoms with van der Waals surface area (Å²) < 4.78 is 13.3. The van der Waals surface area contributed by atoms with Crippen molar-refractivity contribution in [1.29, 1.82) is 0 Å². The number of aryl methyl sites for hydroxylation is 1. The molecule has 1 aromatic heterocycles. The Morgan fingerprint density at radius 3 is 2.38 bits per heavy atom. The van der Waals surface area contributed by atoms with Crippen molar-refractivity contribution >= 4 is 24.8 Å². The first-order valence-corrected chi connectivity index (χ1v) is 17.0. The van der Waals surface area contributed by atoms with E-state index in [1.54, 1.807) is 18.2 Å². The standard InChI is InChI=1S/C37H46BN5O5/c1-22(2)16-32(38-47-31-18-26-17-30(36(26,4)5)37(31,6)48-38)43-35(46)29(20-39-33(44)25-14-12-23(3)13-15-25)42-34(45)28-19-27(40-21-41-28)24-10-8-7-9-11-24/h7-15,19,21-22,26,29-32H,16-18,20H2,1-6H3,(H,39,44)(H,42,45)(H,43,46)/t26-,29+,30-,31-,32+,37+/m1/s1. The van der Waals surface area contributed by atoms with Crippen LogP contribution >= 0.6 is 0 Å². The number of aromatic nitrogens is 2. The maximum absolute atomic E-state index is 14.1. The van der Waals surface area contributed by atoms with Crippen LogP contribution in [0.2, 0.25) is 0 Å². The number of carbonyl (C=O) groups excluding carboxylic acids is 3. The van der Waals surface area contributed by atoms with Crippen LogP contribution < -0.4 is 16.0 Å². The quantitative estimate of drug-likeness (QED) is 0.255. The number of rotatable bonds is 11. The number of carbonyl (C=O) groups is 3. The molecule has 6 atom stereocenters. The summed E-state index contributed by atoms with van der Waals surface area (Å²) in [7, 11) is -0.629. The molecule has 2 heterocycles. The van der Waals surface area contributed by atoms with Gasteiger partial charge in [-0.25, -0.2) is 9.97 Å². The summed E-state index contributed by atoms with van der Waals surface area (Å²) in [6.07, 6.45) is 3.96. The molecular weight excluding hydrogens is 605 g/mol. The first kappa shape index (κ1) is 33.8. The highest BCUT2D eigenvalue weighted by Crippen LogP contribution is 2.65. The number of hydrogen-bond donors (Lipinski definition) is 3. The van der Waals surface area contributed by atoms with E-state index in [9.17, 15) is 14.4 Å². The van der Waals surface area contributed by atoms with E-state index in [4.69, 9.17) is 9.31 Å². The summed E-state index contributed by atoms with van der Waals surface area (Å²) >= 11 is 0. The molecule has 0 radical (unpaired) electrons. The zero-order chi connectivity index (χ0) is 34.2. The zero-order valence-corrected chi connectivity index (χ0v) is 28.7. The molecule has 7 rings (SSSR count). The van der Waals surface area contributed by atoms with Gasteiger partial charge >= 0.3 is 7.12 Å². The van der Waals surface area contributed by atoms with Crippen LogP contribution in [0.25, 0.3) is 11.3 Å². The number of amides is 3. The highest BCUT2D eigenvalue weighted by atomic mass is 16.7. The van der Waals surface area contributed by atoms with E-state index in [2.05, 4.69) is 60.5 Å². The third kappa shape index (κ3) is 6.76. The van der Waals surface area contributed by atoms with Gasteiger partial charge in [0.2, 0.25) is 5.91 Å². The molecular formula is C37H46BN5O5. The summed E-state index contributed by atoms with van der Waals surface area (Å²) in [5, 5.41) is 8.80. The second-order valence-corrected chi connectivity index (χ2v) is 14.8. The van der Waals surface area contributed by atoms with Gasteiger partial charge in [-0.2, -0.15) is 0 Å². The molecule has 3 saturated carbocycles. The van der Waals surface area contributed by atoms with Crippen molar-refractivity contribution < 1.29 is 23.7 Å². The minimum atomic E-state index is -1.11. The number of nitrogens with one attached hydrogen (secondary N) is 3. The molecule has 4 fully saturated rings. The van der Waals surface area contributed by atoms with Crippen LogP contribution in [0.3, 0.4) is 0 Å². The van der Waals surface area contributed by atoms with Gasteiger partial charge in [0.05, 0.1) is 23.3 Å². The molecule has 0 unspecified atom stereocenters. The Bertz CT molecular complexity index is 1650. The minimum absolute atomic E-state index is 0.0355. The van der Waals surface area contributed by atoms with Crippen molar-refractivity contribution in [3.05, 3.63) is 83.8 Å². The summed E-state index contributed by atoms with van der Waals surface area (Å²) in [4.78, 5) is 49.2. The van der Waals surface area contributed by atoms with Crippen molar-refractivity contribution in [2.24, 2.45) is 23.2 Å². The largest absolute Gasteiger partial charge is 0.481 e. The smallest absolute Gasteiger partial charge is 0.404 e. The molecule has 10 nitrogen and oxygen atoms in total. The molecule has 252 valence electrons. The van der Waals surface area contributed by atoms with E-state index in [0.717, 1.165) is 24.0 Å². The van der Waals surface area contributed by atoms with Crippen LogP contribution in [-0.2, 0) is 14.1 Å². The van der Waals surface area contributed by atoms with Gasteiger partial charge in [0.25, 0.3) is 11.8 Å². The lowest BCUT2D eigenvalue weighted by Gasteiger charge is -2.64. The number of hydrogen-bond acceptors (Lipinski definition) is 7. The monoisotopic (exact) mass is 651 g/mol. The highest BCUT2D eigenvalue weighted by molar-refractivity contribution is 6.48. The van der Waals surface area contributed by atoms with E-state index in [1.807, 2.05) is 49.4 Å². The Morgan fingerprint density at radius 2 is 1.69 bits per heavy atom. The summed E-state index contributed by atoms with van der Waals surface area (Å²) in [6, 6.07) is 17.1. The van der Waals surface area contributed by atoms with Gasteiger partial charge in [0.15, 0.2) is 0 Å². The first-order chi connectivity index (χ1) is 22.8. The van der Waals surface area contributed by atoms with Crippen molar-refractivity contribution in [2.45, 2.75) is 84.5 Å². The zero-order valence-electron chi connectivity index (χ0n) is 28.7. The Morgan fingerprint density at radius 1 is 0.958 bits per heavy atom. The lowest BCUT2D eigenvalue weighted by molar-refractivity contribution is -0.199. The predicted molar refractivity (Wildman–Crippen MR) is 184 cm³/mol. The lowest BCUT2D eigenvalue weighted by atomic mass is 9.43. The first-order valence-electron chi connectivity index (χ1n) is 17.0. The van der Waals surface area contributed by atoms with Crippen molar-refractivity contribution in [1.82, 2.24) is 25.9 Å². The normalized spacial score (nSPS) is 25.0. The fourth-order valence-corrected chi connectivity index (χ4v) is 7.79. The molecule has 3 aliphatic carbocycles. The topological polar surface area (TPSA) is 132 Å². The lowest BCUT2D eigenvalue weighted by Crippen LogP contribution is -2.65. The summed E-state index contributed by atoms with van der Waals surface area (Å²) in [5.41, 5.74) is 2.75. The van der Waals surface area contributed by atoms with Gasteiger partial charge in [-0.15, -0.1) is 0 Å². The molecule has 3 amide bonds. The van der Waals surface area contributed by atoms with E-state index in [-0.39, 0.29) is 35.6 Å². The van der Waals surface area contributed by atoms with E-state index in [1.165, 1.54) is 6.33 Å². The van der Waals surface area contributed by atoms with Gasteiger partial charge < -0.3 is 25.3 Å². The minimum Gasteiger partial charge on any atom is -0.404 e. The maximum atomic E-state index is 14.1. The van der Waals surface area contributed by atoms with Crippen LogP contribution in [0.1, 0.15) is 80.3 Å². The number of benzene rings is 2. The summed E-state index contributed by atoms with van der Waals surface area (Å²) in [6.45, 7) is 12.8. The van der Waals surface area contributed by atoms with E-state index < -0.39 is 36.5 Å². The molecule has 4 aliphatic rings. The van der Waals surface area contributed by atoms with Crippen molar-refractivity contribution in [3.8, 4) is 11.3 Å². The molecule has 48 heavy (non-hydrogen) atoms. The van der Waals surface area contributed by atoms with Gasteiger partial charge in [-0.3, -0.25) is 14.4 Å². The van der Waals surface area contributed by atoms with Crippen molar-refractivity contribution in [3.63, 3.8) is 0 Å². The molecule has 2 bridgehead atoms. The van der Waals surface area contributed by atoms with E-state index >= 15 is 0 Å². The van der Waals surface area contributed by atoms with Crippen LogP contribution in [0.15, 0.2) is 67.0 Å². The third-order valence-electron chi connectivity index (χ3n) is 10.7. The van der Waals surface area contributed by atoms with Crippen LogP contribution in [0.4, 0.5) is 0 Å². The molecule has 1 aliphatic heterocycles. The van der Waals surface area contributed by atoms with Crippen LogP contribution in [0, 0.1) is 30.1 Å². The SMILES string of the molecule is Cc1ccc(C(=O)NC[C@H](NC(=O)c2cc(-c3ccccc3)ncn2)C(=O)N[C@@H](CC(C)C)B2O[C@@H]3C[C@H]4C[C@H](C4(C)C)[C@]3(C)O2)cc1. The van der Waals surface area contributed by atoms with Gasteiger partial charge in [-0.05, 0) is 74.5 Å². The van der Waals surface area contributed by atoms with Crippen LogP contribution in [0.5, 0.6) is 0 Å². The molecule has 3 N–H and O–H groups in total. The Hall–Kier alpha value is -4.09. The summed E-state index contributed by atoms with van der Waals surface area (Å²) in [5.74, 6) is -0.615. The number of nitrogens with zero attached hydrogens (tertiary/aromatic N) is 2. The second kappa shape index (κ2) is 13.4. The Balaban J connectivity index is 1.21. The highest BCUT2D eigenvalue weighted by Gasteiger charge is 2.68. The van der Waals surface area contributed by atoms with Gasteiger partial charge in [0.1, 0.15) is 18.1 Å². The third-order valence-corrected chi connectivity index (χ3v) is 10.7. The molecule has 3 aromatic rings. The average Bonchev–Trinajstić information content (AvgIpc) is 3.44. The van der Waals surface area contributed by atoms with Gasteiger partial charge in [0, 0.05) is 17.7 Å². The van der Waals surface area contributed by atoms with Crippen LogP contribution in [-0.4, -0.2) is 65.0 Å². The fourth-order valence-electron chi connectivity index (χ4n) is 7.79. The Kier molecular flexibility index (Phi) is 9.46. The van der Waals surface area contributed by atoms with E-state index in [0.29, 0.717) is 29.5 Å². The molecule has 2 aromatic carbocycles. The van der Waals surface area contributed by atoms with Crippen molar-refractivity contribution in [2.75, 3.05) is 6.54 Å². The van der Waals surface area contributed by atoms with Gasteiger partial charge in [-0.1, -0.05) is 75.7 Å².